The van der Waals surface area contributed by atoms with E-state index in [9.17, 15) is 18.7 Å². The number of hydrogen-bond donors (Lipinski definition) is 1. The van der Waals surface area contributed by atoms with Crippen LogP contribution in [-0.2, 0) is 12.0 Å². The molecule has 0 fully saturated rings. The molecule has 1 aromatic heterocycles. The summed E-state index contributed by atoms with van der Waals surface area (Å²) in [4.78, 5) is 12.4. The van der Waals surface area contributed by atoms with Gasteiger partial charge in [-0.05, 0) is 40.3 Å². The first-order valence-electron chi connectivity index (χ1n) is 10.1. The Balaban J connectivity index is 1.94. The lowest BCUT2D eigenvalue weighted by atomic mass is 9.86. The molecule has 5 heteroatoms. The van der Waals surface area contributed by atoms with Crippen LogP contribution in [0.15, 0.2) is 66.7 Å². The number of halogens is 2. The summed E-state index contributed by atoms with van der Waals surface area (Å²) < 4.78 is 29.1. The summed E-state index contributed by atoms with van der Waals surface area (Å²) in [6, 6.07) is 18.5. The van der Waals surface area contributed by atoms with E-state index in [1.165, 1.54) is 12.1 Å². The molecule has 0 spiro atoms. The highest BCUT2D eigenvalue weighted by Gasteiger charge is 2.24. The molecule has 0 radical (unpaired) electrons. The van der Waals surface area contributed by atoms with Crippen molar-refractivity contribution in [1.29, 1.82) is 0 Å². The zero-order valence-corrected chi connectivity index (χ0v) is 17.6. The first kappa shape index (κ1) is 20.8. The van der Waals surface area contributed by atoms with Gasteiger partial charge in [-0.25, -0.2) is 13.6 Å². The van der Waals surface area contributed by atoms with Gasteiger partial charge < -0.3 is 9.67 Å². The monoisotopic (exact) mass is 419 g/mol. The highest BCUT2D eigenvalue weighted by molar-refractivity contribution is 6.08. The Morgan fingerprint density at radius 2 is 1.55 bits per heavy atom. The number of rotatable bonds is 4. The molecule has 3 aromatic carbocycles. The van der Waals surface area contributed by atoms with E-state index in [1.807, 2.05) is 48.5 Å². The fraction of sp³-hybridized carbons (Fsp3) is 0.192. The van der Waals surface area contributed by atoms with E-state index in [0.717, 1.165) is 22.6 Å². The average Bonchev–Trinajstić information content (AvgIpc) is 3.01. The van der Waals surface area contributed by atoms with Crippen LogP contribution in [0.3, 0.4) is 0 Å². The van der Waals surface area contributed by atoms with Crippen LogP contribution in [0.5, 0.6) is 0 Å². The molecule has 0 bridgehead atoms. The molecular formula is C26H23F2NO2. The predicted octanol–water partition coefficient (Wildman–Crippen LogP) is 6.63. The Bertz CT molecular complexity index is 1260. The number of aromatic carboxylic acids is 1. The van der Waals surface area contributed by atoms with Crippen LogP contribution >= 0.6 is 0 Å². The standard InChI is InChI=1S/C26H23F2NO2/c1-26(2,3)18-10-8-17(9-11-18)23-21-6-4-5-7-22(21)29(24(23)25(30)31)15-16-12-19(27)14-20(28)13-16/h4-14H,15H2,1-3H3,(H,30,31). The molecule has 158 valence electrons. The van der Waals surface area contributed by atoms with E-state index in [2.05, 4.69) is 20.8 Å². The molecule has 3 nitrogen and oxygen atoms in total. The predicted molar refractivity (Wildman–Crippen MR) is 118 cm³/mol. The number of aromatic nitrogens is 1. The van der Waals surface area contributed by atoms with Crippen LogP contribution in [0, 0.1) is 11.6 Å². The number of para-hydroxylation sites is 1. The van der Waals surface area contributed by atoms with Gasteiger partial charge in [-0.3, -0.25) is 0 Å². The van der Waals surface area contributed by atoms with Crippen LogP contribution in [-0.4, -0.2) is 15.6 Å². The SMILES string of the molecule is CC(C)(C)c1ccc(-c2c(C(=O)O)n(Cc3cc(F)cc(F)c3)c3ccccc23)cc1. The zero-order chi connectivity index (χ0) is 22.3. The summed E-state index contributed by atoms with van der Waals surface area (Å²) >= 11 is 0. The van der Waals surface area contributed by atoms with Crippen LogP contribution in [0.4, 0.5) is 8.78 Å². The van der Waals surface area contributed by atoms with Crippen molar-refractivity contribution in [3.8, 4) is 11.1 Å². The van der Waals surface area contributed by atoms with Gasteiger partial charge in [-0.2, -0.15) is 0 Å². The Kier molecular flexibility index (Phi) is 5.13. The van der Waals surface area contributed by atoms with Gasteiger partial charge >= 0.3 is 5.97 Å². The molecule has 0 saturated carbocycles. The van der Waals surface area contributed by atoms with Crippen molar-refractivity contribution in [2.45, 2.75) is 32.7 Å². The maximum absolute atomic E-state index is 13.7. The lowest BCUT2D eigenvalue weighted by Crippen LogP contribution is -2.11. The summed E-state index contributed by atoms with van der Waals surface area (Å²) in [6.07, 6.45) is 0. The number of carbonyl (C=O) groups is 1. The fourth-order valence-corrected chi connectivity index (χ4v) is 4.00. The largest absolute Gasteiger partial charge is 0.477 e. The van der Waals surface area contributed by atoms with E-state index in [1.54, 1.807) is 4.57 Å². The third-order valence-corrected chi connectivity index (χ3v) is 5.48. The van der Waals surface area contributed by atoms with Gasteiger partial charge in [0.25, 0.3) is 0 Å². The molecule has 0 aliphatic carbocycles. The number of carboxylic acids is 1. The Morgan fingerprint density at radius 3 is 2.13 bits per heavy atom. The molecule has 0 atom stereocenters. The quantitative estimate of drug-likeness (QED) is 0.403. The van der Waals surface area contributed by atoms with Crippen molar-refractivity contribution in [2.75, 3.05) is 0 Å². The Morgan fingerprint density at radius 1 is 0.935 bits per heavy atom. The van der Waals surface area contributed by atoms with Crippen molar-refractivity contribution in [1.82, 2.24) is 4.57 Å². The second-order valence-corrected chi connectivity index (χ2v) is 8.74. The van der Waals surface area contributed by atoms with E-state index in [0.29, 0.717) is 16.6 Å². The van der Waals surface area contributed by atoms with Gasteiger partial charge in [-0.15, -0.1) is 0 Å². The maximum Gasteiger partial charge on any atom is 0.353 e. The molecule has 0 amide bonds. The zero-order valence-electron chi connectivity index (χ0n) is 17.6. The highest BCUT2D eigenvalue weighted by atomic mass is 19.1. The second-order valence-electron chi connectivity index (χ2n) is 8.74. The minimum absolute atomic E-state index is 0.0242. The number of fused-ring (bicyclic) bond motifs is 1. The third kappa shape index (κ3) is 3.96. The highest BCUT2D eigenvalue weighted by Crippen LogP contribution is 2.36. The molecule has 31 heavy (non-hydrogen) atoms. The Hall–Kier alpha value is -3.47. The molecule has 1 heterocycles. The minimum Gasteiger partial charge on any atom is -0.477 e. The lowest BCUT2D eigenvalue weighted by molar-refractivity contribution is 0.0687. The molecule has 0 aliphatic rings. The molecule has 0 aliphatic heterocycles. The second kappa shape index (κ2) is 7.65. The lowest BCUT2D eigenvalue weighted by Gasteiger charge is -2.19. The van der Waals surface area contributed by atoms with Gasteiger partial charge in [0.15, 0.2) is 0 Å². The van der Waals surface area contributed by atoms with E-state index < -0.39 is 17.6 Å². The van der Waals surface area contributed by atoms with E-state index in [4.69, 9.17) is 0 Å². The first-order valence-corrected chi connectivity index (χ1v) is 10.1. The van der Waals surface area contributed by atoms with Gasteiger partial charge in [0.2, 0.25) is 0 Å². The summed E-state index contributed by atoms with van der Waals surface area (Å²) in [6.45, 7) is 6.40. The van der Waals surface area contributed by atoms with Gasteiger partial charge in [0.1, 0.15) is 17.3 Å². The average molecular weight is 419 g/mol. The van der Waals surface area contributed by atoms with Crippen molar-refractivity contribution in [2.24, 2.45) is 0 Å². The summed E-state index contributed by atoms with van der Waals surface area (Å²) in [5.41, 5.74) is 3.64. The van der Waals surface area contributed by atoms with Crippen molar-refractivity contribution in [3.05, 3.63) is 95.2 Å². The fourth-order valence-electron chi connectivity index (χ4n) is 4.00. The van der Waals surface area contributed by atoms with Gasteiger partial charge in [0, 0.05) is 29.1 Å². The number of carboxylic acid groups (broad SMARTS) is 1. The van der Waals surface area contributed by atoms with Crippen LogP contribution in [0.25, 0.3) is 22.0 Å². The van der Waals surface area contributed by atoms with Crippen molar-refractivity contribution < 1.29 is 18.7 Å². The van der Waals surface area contributed by atoms with E-state index >= 15 is 0 Å². The summed E-state index contributed by atoms with van der Waals surface area (Å²) in [5.74, 6) is -2.48. The molecule has 0 saturated heterocycles. The van der Waals surface area contributed by atoms with Gasteiger partial charge in [-0.1, -0.05) is 63.2 Å². The van der Waals surface area contributed by atoms with Crippen LogP contribution in [0.1, 0.15) is 42.4 Å². The number of hydrogen-bond acceptors (Lipinski definition) is 1. The molecular weight excluding hydrogens is 396 g/mol. The third-order valence-electron chi connectivity index (χ3n) is 5.48. The van der Waals surface area contributed by atoms with Crippen molar-refractivity contribution >= 4 is 16.9 Å². The number of nitrogens with zero attached hydrogens (tertiary/aromatic N) is 1. The summed E-state index contributed by atoms with van der Waals surface area (Å²) in [7, 11) is 0. The minimum atomic E-state index is -1.09. The first-order chi connectivity index (χ1) is 14.6. The summed E-state index contributed by atoms with van der Waals surface area (Å²) in [5, 5.41) is 10.9. The molecule has 4 rings (SSSR count). The Labute approximate surface area is 179 Å². The van der Waals surface area contributed by atoms with Crippen LogP contribution < -0.4 is 0 Å². The smallest absolute Gasteiger partial charge is 0.353 e. The van der Waals surface area contributed by atoms with Crippen molar-refractivity contribution in [3.63, 3.8) is 0 Å². The molecule has 4 aromatic rings. The van der Waals surface area contributed by atoms with Gasteiger partial charge in [0.05, 0.1) is 0 Å². The number of benzene rings is 3. The van der Waals surface area contributed by atoms with Crippen LogP contribution in [0.2, 0.25) is 0 Å². The molecule has 0 unspecified atom stereocenters. The normalized spacial score (nSPS) is 11.8. The van der Waals surface area contributed by atoms with E-state index in [-0.39, 0.29) is 17.7 Å². The maximum atomic E-state index is 13.7. The topological polar surface area (TPSA) is 42.2 Å². The molecule has 1 N–H and O–H groups in total.